The monoisotopic (exact) mass is 316 g/mol. The third kappa shape index (κ3) is 4.32. The van der Waals surface area contributed by atoms with Gasteiger partial charge in [0.1, 0.15) is 5.03 Å². The first-order valence-electron chi connectivity index (χ1n) is 7.09. The number of nitrogens with one attached hydrogen (secondary N) is 1. The topological polar surface area (TPSA) is 51.2 Å². The number of ether oxygens (including phenoxy) is 1. The number of methoxy groups -OCH3 is 1. The molecule has 1 heterocycles. The van der Waals surface area contributed by atoms with Crippen LogP contribution in [0.2, 0.25) is 0 Å². The standard InChI is InChI=1S/C17H20N2O2S/c1-12-6-7-14(11-13(12)2)22-17-15(5-4-8-19-17)16(20)18-9-10-21-3/h4-8,11H,9-10H2,1-3H3,(H,18,20). The molecule has 116 valence electrons. The van der Waals surface area contributed by atoms with Crippen LogP contribution < -0.4 is 5.32 Å². The first kappa shape index (κ1) is 16.5. The van der Waals surface area contributed by atoms with Crippen molar-refractivity contribution < 1.29 is 9.53 Å². The molecule has 0 spiro atoms. The molecular weight excluding hydrogens is 296 g/mol. The third-order valence-electron chi connectivity index (χ3n) is 3.30. The maximum absolute atomic E-state index is 12.2. The van der Waals surface area contributed by atoms with Gasteiger partial charge in [0.15, 0.2) is 0 Å². The molecule has 1 N–H and O–H groups in total. The number of aromatic nitrogens is 1. The Bertz CT molecular complexity index is 659. The van der Waals surface area contributed by atoms with Crippen molar-refractivity contribution in [3.63, 3.8) is 0 Å². The Morgan fingerprint density at radius 2 is 2.09 bits per heavy atom. The zero-order valence-corrected chi connectivity index (χ0v) is 13.9. The van der Waals surface area contributed by atoms with E-state index in [1.165, 1.54) is 22.9 Å². The molecular formula is C17H20N2O2S. The molecule has 0 aliphatic rings. The number of carbonyl (C=O) groups is 1. The molecule has 0 atom stereocenters. The van der Waals surface area contributed by atoms with Gasteiger partial charge in [0.2, 0.25) is 0 Å². The first-order valence-corrected chi connectivity index (χ1v) is 7.90. The van der Waals surface area contributed by atoms with Crippen molar-refractivity contribution in [1.29, 1.82) is 0 Å². The van der Waals surface area contributed by atoms with Gasteiger partial charge in [0, 0.05) is 24.7 Å². The number of pyridine rings is 1. The molecule has 5 heteroatoms. The number of carbonyl (C=O) groups excluding carboxylic acids is 1. The van der Waals surface area contributed by atoms with Crippen LogP contribution >= 0.6 is 11.8 Å². The average Bonchev–Trinajstić information content (AvgIpc) is 2.51. The summed E-state index contributed by atoms with van der Waals surface area (Å²) in [7, 11) is 1.61. The zero-order valence-electron chi connectivity index (χ0n) is 13.1. The molecule has 0 unspecified atom stereocenters. The van der Waals surface area contributed by atoms with E-state index in [1.807, 2.05) is 6.07 Å². The Kier molecular flexibility index (Phi) is 5.98. The molecule has 4 nitrogen and oxygen atoms in total. The minimum absolute atomic E-state index is 0.128. The number of rotatable bonds is 6. The van der Waals surface area contributed by atoms with E-state index < -0.39 is 0 Å². The molecule has 1 amide bonds. The molecule has 0 saturated carbocycles. The predicted molar refractivity (Wildman–Crippen MR) is 88.5 cm³/mol. The normalized spacial score (nSPS) is 10.5. The number of amides is 1. The maximum Gasteiger partial charge on any atom is 0.254 e. The van der Waals surface area contributed by atoms with Gasteiger partial charge in [0.25, 0.3) is 5.91 Å². The number of nitrogens with zero attached hydrogens (tertiary/aromatic N) is 1. The molecule has 0 bridgehead atoms. The highest BCUT2D eigenvalue weighted by molar-refractivity contribution is 7.99. The van der Waals surface area contributed by atoms with E-state index in [0.717, 1.165) is 4.90 Å². The SMILES string of the molecule is COCCNC(=O)c1cccnc1Sc1ccc(C)c(C)c1. The van der Waals surface area contributed by atoms with Crippen LogP contribution in [0.1, 0.15) is 21.5 Å². The zero-order chi connectivity index (χ0) is 15.9. The number of benzene rings is 1. The summed E-state index contributed by atoms with van der Waals surface area (Å²) in [5, 5.41) is 3.54. The summed E-state index contributed by atoms with van der Waals surface area (Å²) in [4.78, 5) is 17.7. The minimum Gasteiger partial charge on any atom is -0.383 e. The van der Waals surface area contributed by atoms with Crippen molar-refractivity contribution in [2.75, 3.05) is 20.3 Å². The largest absolute Gasteiger partial charge is 0.383 e. The van der Waals surface area contributed by atoms with Gasteiger partial charge in [0.05, 0.1) is 12.2 Å². The summed E-state index contributed by atoms with van der Waals surface area (Å²) in [5.74, 6) is -0.128. The molecule has 2 aromatic rings. The molecule has 2 rings (SSSR count). The first-order chi connectivity index (χ1) is 10.6. The van der Waals surface area contributed by atoms with Crippen LogP contribution in [0.25, 0.3) is 0 Å². The van der Waals surface area contributed by atoms with Crippen molar-refractivity contribution in [3.05, 3.63) is 53.2 Å². The fourth-order valence-corrected chi connectivity index (χ4v) is 2.88. The summed E-state index contributed by atoms with van der Waals surface area (Å²) >= 11 is 1.50. The van der Waals surface area contributed by atoms with Gasteiger partial charge < -0.3 is 10.1 Å². The summed E-state index contributed by atoms with van der Waals surface area (Å²) in [5.41, 5.74) is 3.07. The lowest BCUT2D eigenvalue weighted by Crippen LogP contribution is -2.27. The van der Waals surface area contributed by atoms with Gasteiger partial charge in [-0.1, -0.05) is 17.8 Å². The van der Waals surface area contributed by atoms with E-state index in [-0.39, 0.29) is 5.91 Å². The van der Waals surface area contributed by atoms with Crippen LogP contribution in [0.4, 0.5) is 0 Å². The molecule has 0 aliphatic heterocycles. The second kappa shape index (κ2) is 7.96. The molecule has 22 heavy (non-hydrogen) atoms. The Labute approximate surface area is 135 Å². The molecule has 0 radical (unpaired) electrons. The molecule has 0 fully saturated rings. The van der Waals surface area contributed by atoms with Gasteiger partial charge in [-0.15, -0.1) is 0 Å². The van der Waals surface area contributed by atoms with E-state index >= 15 is 0 Å². The van der Waals surface area contributed by atoms with Crippen LogP contribution in [-0.4, -0.2) is 31.2 Å². The fraction of sp³-hybridized carbons (Fsp3) is 0.294. The highest BCUT2D eigenvalue weighted by atomic mass is 32.2. The molecule has 1 aromatic carbocycles. The van der Waals surface area contributed by atoms with Crippen molar-refractivity contribution in [1.82, 2.24) is 10.3 Å². The van der Waals surface area contributed by atoms with E-state index in [9.17, 15) is 4.79 Å². The van der Waals surface area contributed by atoms with Gasteiger partial charge in [-0.05, 0) is 49.2 Å². The van der Waals surface area contributed by atoms with Crippen LogP contribution in [0.15, 0.2) is 46.5 Å². The maximum atomic E-state index is 12.2. The summed E-state index contributed by atoms with van der Waals surface area (Å²) < 4.78 is 4.94. The second-order valence-corrected chi connectivity index (χ2v) is 6.02. The van der Waals surface area contributed by atoms with Crippen LogP contribution in [-0.2, 0) is 4.74 Å². The van der Waals surface area contributed by atoms with Crippen LogP contribution in [0.5, 0.6) is 0 Å². The Balaban J connectivity index is 2.17. The van der Waals surface area contributed by atoms with Gasteiger partial charge in [-0.2, -0.15) is 0 Å². The van der Waals surface area contributed by atoms with Gasteiger partial charge in [-0.3, -0.25) is 4.79 Å². The van der Waals surface area contributed by atoms with Crippen molar-refractivity contribution >= 4 is 17.7 Å². The molecule has 0 saturated heterocycles. The van der Waals surface area contributed by atoms with E-state index in [4.69, 9.17) is 4.74 Å². The van der Waals surface area contributed by atoms with E-state index in [1.54, 1.807) is 25.4 Å². The molecule has 0 aliphatic carbocycles. The average molecular weight is 316 g/mol. The molecule has 1 aromatic heterocycles. The van der Waals surface area contributed by atoms with Crippen molar-refractivity contribution in [2.24, 2.45) is 0 Å². The number of hydrogen-bond donors (Lipinski definition) is 1. The van der Waals surface area contributed by atoms with Crippen molar-refractivity contribution in [2.45, 2.75) is 23.8 Å². The van der Waals surface area contributed by atoms with Crippen molar-refractivity contribution in [3.8, 4) is 0 Å². The Hall–Kier alpha value is -1.85. The highest BCUT2D eigenvalue weighted by Gasteiger charge is 2.13. The van der Waals surface area contributed by atoms with E-state index in [2.05, 4.69) is 36.3 Å². The number of hydrogen-bond acceptors (Lipinski definition) is 4. The van der Waals surface area contributed by atoms with Gasteiger partial charge in [-0.25, -0.2) is 4.98 Å². The lowest BCUT2D eigenvalue weighted by molar-refractivity contribution is 0.0933. The quantitative estimate of drug-likeness (QED) is 0.831. The fourth-order valence-electron chi connectivity index (χ4n) is 1.90. The Morgan fingerprint density at radius 3 is 2.82 bits per heavy atom. The Morgan fingerprint density at radius 1 is 1.27 bits per heavy atom. The second-order valence-electron chi connectivity index (χ2n) is 4.95. The highest BCUT2D eigenvalue weighted by Crippen LogP contribution is 2.29. The summed E-state index contributed by atoms with van der Waals surface area (Å²) in [6, 6.07) is 9.81. The number of aryl methyl sites for hydroxylation is 2. The minimum atomic E-state index is -0.128. The third-order valence-corrected chi connectivity index (χ3v) is 4.31. The lowest BCUT2D eigenvalue weighted by atomic mass is 10.1. The van der Waals surface area contributed by atoms with Crippen LogP contribution in [0.3, 0.4) is 0 Å². The van der Waals surface area contributed by atoms with Gasteiger partial charge >= 0.3 is 0 Å². The van der Waals surface area contributed by atoms with E-state index in [0.29, 0.717) is 23.7 Å². The summed E-state index contributed by atoms with van der Waals surface area (Å²) in [6.45, 7) is 5.14. The lowest BCUT2D eigenvalue weighted by Gasteiger charge is -2.09. The predicted octanol–water partition coefficient (Wildman–Crippen LogP) is 3.23. The summed E-state index contributed by atoms with van der Waals surface area (Å²) in [6.07, 6.45) is 1.70. The van der Waals surface area contributed by atoms with Crippen LogP contribution in [0, 0.1) is 13.8 Å². The smallest absolute Gasteiger partial charge is 0.254 e.